The van der Waals surface area contributed by atoms with Gasteiger partial charge in [-0.15, -0.1) is 0 Å². The van der Waals surface area contributed by atoms with Crippen molar-refractivity contribution in [3.05, 3.63) is 69.3 Å². The largest absolute Gasteiger partial charge is 0.349 e. The maximum atomic E-state index is 12.9. The molecule has 1 N–H and O–H groups in total. The predicted molar refractivity (Wildman–Crippen MR) is 101 cm³/mol. The zero-order valence-electron chi connectivity index (χ0n) is 13.8. The average molecular weight is 375 g/mol. The molecule has 1 aliphatic heterocycles. The normalized spacial score (nSPS) is 14.5. The van der Waals surface area contributed by atoms with Gasteiger partial charge in [0.25, 0.3) is 11.8 Å². The van der Waals surface area contributed by atoms with Gasteiger partial charge in [0.15, 0.2) is 0 Å². The first-order valence-corrected chi connectivity index (χ1v) is 8.59. The molecule has 0 radical (unpaired) electrons. The standard InChI is InChI=1S/C19H16Cl2N2O2/c1-3-12-6-4-5-7-14(12)22-17-16(21)18(24)23(19(17)25)15-10-13(20)9-8-11(15)2/h4-10,22H,3H2,1-2H3. The fourth-order valence-corrected chi connectivity index (χ4v) is 3.12. The highest BCUT2D eigenvalue weighted by Crippen LogP contribution is 2.33. The van der Waals surface area contributed by atoms with Gasteiger partial charge < -0.3 is 5.32 Å². The van der Waals surface area contributed by atoms with Crippen LogP contribution in [-0.2, 0) is 16.0 Å². The van der Waals surface area contributed by atoms with Crippen LogP contribution in [0.4, 0.5) is 11.4 Å². The summed E-state index contributed by atoms with van der Waals surface area (Å²) < 4.78 is 0. The molecular weight excluding hydrogens is 359 g/mol. The molecular formula is C19H16Cl2N2O2. The number of para-hydroxylation sites is 1. The first-order chi connectivity index (χ1) is 11.9. The third-order valence-electron chi connectivity index (χ3n) is 4.10. The summed E-state index contributed by atoms with van der Waals surface area (Å²) in [4.78, 5) is 26.5. The van der Waals surface area contributed by atoms with E-state index in [1.165, 1.54) is 0 Å². The number of nitrogens with one attached hydrogen (secondary N) is 1. The lowest BCUT2D eigenvalue weighted by Gasteiger charge is -2.18. The zero-order chi connectivity index (χ0) is 18.1. The van der Waals surface area contributed by atoms with Crippen molar-refractivity contribution in [2.75, 3.05) is 10.2 Å². The van der Waals surface area contributed by atoms with Crippen molar-refractivity contribution in [2.45, 2.75) is 20.3 Å². The molecule has 0 saturated carbocycles. The summed E-state index contributed by atoms with van der Waals surface area (Å²) in [6.45, 7) is 3.82. The zero-order valence-corrected chi connectivity index (χ0v) is 15.3. The molecule has 25 heavy (non-hydrogen) atoms. The van der Waals surface area contributed by atoms with Crippen molar-refractivity contribution in [3.63, 3.8) is 0 Å². The van der Waals surface area contributed by atoms with Crippen molar-refractivity contribution < 1.29 is 9.59 Å². The lowest BCUT2D eigenvalue weighted by Crippen LogP contribution is -2.32. The first kappa shape index (κ1) is 17.5. The van der Waals surface area contributed by atoms with E-state index in [4.69, 9.17) is 23.2 Å². The summed E-state index contributed by atoms with van der Waals surface area (Å²) in [5.41, 5.74) is 3.04. The molecule has 0 saturated heterocycles. The van der Waals surface area contributed by atoms with Gasteiger partial charge in [-0.3, -0.25) is 9.59 Å². The third kappa shape index (κ3) is 3.15. The van der Waals surface area contributed by atoms with E-state index in [9.17, 15) is 9.59 Å². The molecule has 0 aromatic heterocycles. The SMILES string of the molecule is CCc1ccccc1NC1=C(Cl)C(=O)N(c2cc(Cl)ccc2C)C1=O. The fraction of sp³-hybridized carbons (Fsp3) is 0.158. The van der Waals surface area contributed by atoms with E-state index in [1.54, 1.807) is 25.1 Å². The highest BCUT2D eigenvalue weighted by atomic mass is 35.5. The van der Waals surface area contributed by atoms with Crippen LogP contribution in [0.3, 0.4) is 0 Å². The number of benzene rings is 2. The average Bonchev–Trinajstić information content (AvgIpc) is 2.81. The van der Waals surface area contributed by atoms with Crippen LogP contribution < -0.4 is 10.2 Å². The van der Waals surface area contributed by atoms with Crippen LogP contribution in [0.5, 0.6) is 0 Å². The minimum atomic E-state index is -0.562. The Morgan fingerprint density at radius 1 is 1.04 bits per heavy atom. The van der Waals surface area contributed by atoms with Crippen molar-refractivity contribution in [1.29, 1.82) is 0 Å². The number of anilines is 2. The Balaban J connectivity index is 1.98. The summed E-state index contributed by atoms with van der Waals surface area (Å²) in [6.07, 6.45) is 0.785. The van der Waals surface area contributed by atoms with E-state index < -0.39 is 11.8 Å². The molecule has 6 heteroatoms. The minimum absolute atomic E-state index is 0.0759. The molecule has 4 nitrogen and oxygen atoms in total. The van der Waals surface area contributed by atoms with E-state index in [-0.39, 0.29) is 10.7 Å². The fourth-order valence-electron chi connectivity index (χ4n) is 2.74. The summed E-state index contributed by atoms with van der Waals surface area (Å²) >= 11 is 12.2. The van der Waals surface area contributed by atoms with Gasteiger partial charge in [0.2, 0.25) is 0 Å². The molecule has 128 valence electrons. The van der Waals surface area contributed by atoms with Gasteiger partial charge in [-0.2, -0.15) is 0 Å². The Morgan fingerprint density at radius 3 is 2.48 bits per heavy atom. The minimum Gasteiger partial charge on any atom is -0.349 e. The van der Waals surface area contributed by atoms with Crippen LogP contribution in [0, 0.1) is 6.92 Å². The van der Waals surface area contributed by atoms with Gasteiger partial charge in [0.1, 0.15) is 10.7 Å². The van der Waals surface area contributed by atoms with Crippen molar-refractivity contribution in [2.24, 2.45) is 0 Å². The lowest BCUT2D eigenvalue weighted by molar-refractivity contribution is -0.120. The maximum Gasteiger partial charge on any atom is 0.283 e. The molecule has 0 atom stereocenters. The molecule has 2 amide bonds. The summed E-state index contributed by atoms with van der Waals surface area (Å²) in [7, 11) is 0. The van der Waals surface area contributed by atoms with Gasteiger partial charge >= 0.3 is 0 Å². The highest BCUT2D eigenvalue weighted by Gasteiger charge is 2.39. The predicted octanol–water partition coefficient (Wildman–Crippen LogP) is 4.65. The number of rotatable bonds is 4. The van der Waals surface area contributed by atoms with Gasteiger partial charge in [0, 0.05) is 10.7 Å². The van der Waals surface area contributed by atoms with Gasteiger partial charge in [-0.25, -0.2) is 4.90 Å². The third-order valence-corrected chi connectivity index (χ3v) is 4.68. The summed E-state index contributed by atoms with van der Waals surface area (Å²) in [6, 6.07) is 12.6. The number of hydrogen-bond donors (Lipinski definition) is 1. The Kier molecular flexibility index (Phi) is 4.84. The number of halogens is 2. The number of aryl methyl sites for hydroxylation is 2. The Hall–Kier alpha value is -2.30. The van der Waals surface area contributed by atoms with E-state index in [2.05, 4.69) is 5.32 Å². The molecule has 1 aliphatic rings. The Labute approximate surface area is 156 Å². The smallest absolute Gasteiger partial charge is 0.283 e. The van der Waals surface area contributed by atoms with Crippen molar-refractivity contribution in [3.8, 4) is 0 Å². The Morgan fingerprint density at radius 2 is 1.76 bits per heavy atom. The molecule has 1 heterocycles. The van der Waals surface area contributed by atoms with Crippen LogP contribution in [0.15, 0.2) is 53.2 Å². The molecule has 0 aliphatic carbocycles. The van der Waals surface area contributed by atoms with E-state index >= 15 is 0 Å². The molecule has 0 fully saturated rings. The second-order valence-electron chi connectivity index (χ2n) is 5.70. The van der Waals surface area contributed by atoms with Gasteiger partial charge in [0.05, 0.1) is 5.69 Å². The van der Waals surface area contributed by atoms with E-state index in [1.807, 2.05) is 31.2 Å². The quantitative estimate of drug-likeness (QED) is 0.792. The number of carbonyl (C=O) groups is 2. The molecule has 2 aromatic rings. The highest BCUT2D eigenvalue weighted by molar-refractivity contribution is 6.53. The molecule has 0 spiro atoms. The van der Waals surface area contributed by atoms with Crippen molar-refractivity contribution >= 4 is 46.4 Å². The number of imide groups is 1. The molecule has 0 bridgehead atoms. The van der Waals surface area contributed by atoms with Crippen LogP contribution in [0.1, 0.15) is 18.1 Å². The second kappa shape index (κ2) is 6.90. The van der Waals surface area contributed by atoms with Crippen LogP contribution >= 0.6 is 23.2 Å². The summed E-state index contributed by atoms with van der Waals surface area (Å²) in [5, 5.41) is 3.34. The van der Waals surface area contributed by atoms with Crippen LogP contribution in [-0.4, -0.2) is 11.8 Å². The molecule has 3 rings (SSSR count). The maximum absolute atomic E-state index is 12.9. The number of amides is 2. The van der Waals surface area contributed by atoms with Crippen LogP contribution in [0.2, 0.25) is 5.02 Å². The number of hydrogen-bond acceptors (Lipinski definition) is 3. The lowest BCUT2D eigenvalue weighted by atomic mass is 10.1. The second-order valence-corrected chi connectivity index (χ2v) is 6.52. The van der Waals surface area contributed by atoms with E-state index in [0.717, 1.165) is 28.1 Å². The Bertz CT molecular complexity index is 906. The van der Waals surface area contributed by atoms with Crippen molar-refractivity contribution in [1.82, 2.24) is 0 Å². The van der Waals surface area contributed by atoms with Gasteiger partial charge in [-0.1, -0.05) is 54.4 Å². The molecule has 2 aromatic carbocycles. The topological polar surface area (TPSA) is 49.4 Å². The number of carbonyl (C=O) groups excluding carboxylic acids is 2. The first-order valence-electron chi connectivity index (χ1n) is 7.83. The van der Waals surface area contributed by atoms with E-state index in [0.29, 0.717) is 10.7 Å². The van der Waals surface area contributed by atoms with Crippen LogP contribution in [0.25, 0.3) is 0 Å². The monoisotopic (exact) mass is 374 g/mol. The summed E-state index contributed by atoms with van der Waals surface area (Å²) in [5.74, 6) is -1.06. The van der Waals surface area contributed by atoms with Gasteiger partial charge in [-0.05, 0) is 42.7 Å². The number of nitrogens with zero attached hydrogens (tertiary/aromatic N) is 1. The molecule has 0 unspecified atom stereocenters.